The van der Waals surface area contributed by atoms with Gasteiger partial charge in [-0.15, -0.1) is 0 Å². The molecule has 2 amide bonds. The van der Waals surface area contributed by atoms with Crippen LogP contribution in [0.25, 0.3) is 10.8 Å². The minimum Gasteiger partial charge on any atom is -0.267 e. The third-order valence-corrected chi connectivity index (χ3v) is 4.09. The molecule has 0 atom stereocenters. The van der Waals surface area contributed by atoms with E-state index in [-0.39, 0.29) is 27.6 Å². The van der Waals surface area contributed by atoms with E-state index in [9.17, 15) is 19.7 Å². The smallest absolute Gasteiger partial charge is 0.267 e. The number of carbonyl (C=O) groups excluding carboxylic acids is 2. The van der Waals surface area contributed by atoms with E-state index in [0.717, 1.165) is 5.01 Å². The molecule has 26 heavy (non-hydrogen) atoms. The van der Waals surface area contributed by atoms with Crippen molar-refractivity contribution in [1.29, 1.82) is 0 Å². The summed E-state index contributed by atoms with van der Waals surface area (Å²) >= 11 is 0. The molecule has 3 aromatic rings. The van der Waals surface area contributed by atoms with Crippen LogP contribution in [0.15, 0.2) is 60.0 Å². The number of nitro groups is 1. The van der Waals surface area contributed by atoms with Crippen molar-refractivity contribution in [3.8, 4) is 0 Å². The Morgan fingerprint density at radius 3 is 2.38 bits per heavy atom. The maximum atomic E-state index is 12.7. The van der Waals surface area contributed by atoms with Gasteiger partial charge in [-0.3, -0.25) is 24.7 Å². The molecule has 0 fully saturated rings. The van der Waals surface area contributed by atoms with Crippen LogP contribution < -0.4 is 0 Å². The Balaban J connectivity index is 1.86. The Morgan fingerprint density at radius 1 is 1.00 bits per heavy atom. The molecule has 0 N–H and O–H groups in total. The second kappa shape index (κ2) is 5.85. The largest absolute Gasteiger partial charge is 0.282 e. The molecule has 2 aromatic carbocycles. The second-order valence-electron chi connectivity index (χ2n) is 5.56. The second-order valence-corrected chi connectivity index (χ2v) is 5.56. The Bertz CT molecular complexity index is 1090. The monoisotopic (exact) mass is 346 g/mol. The van der Waals surface area contributed by atoms with Crippen molar-refractivity contribution >= 4 is 34.5 Å². The number of nitrogens with zero attached hydrogens (tertiary/aromatic N) is 4. The Hall–Kier alpha value is -3.94. The van der Waals surface area contributed by atoms with E-state index in [1.807, 2.05) is 0 Å². The lowest BCUT2D eigenvalue weighted by Gasteiger charge is -2.22. The number of aromatic nitrogens is 1. The predicted octanol–water partition coefficient (Wildman–Crippen LogP) is 2.77. The van der Waals surface area contributed by atoms with Gasteiger partial charge in [0.05, 0.1) is 27.7 Å². The van der Waals surface area contributed by atoms with Gasteiger partial charge in [-0.1, -0.05) is 6.07 Å². The van der Waals surface area contributed by atoms with Gasteiger partial charge in [0.2, 0.25) is 0 Å². The number of hydrazone groups is 1. The molecule has 1 aliphatic heterocycles. The molecule has 1 aliphatic rings. The number of nitro benzene ring substituents is 1. The van der Waals surface area contributed by atoms with Crippen LogP contribution in [-0.4, -0.2) is 32.9 Å². The third kappa shape index (κ3) is 2.32. The van der Waals surface area contributed by atoms with Crippen molar-refractivity contribution in [2.75, 3.05) is 0 Å². The minimum atomic E-state index is -0.626. The van der Waals surface area contributed by atoms with Gasteiger partial charge in [0, 0.05) is 23.8 Å². The summed E-state index contributed by atoms with van der Waals surface area (Å²) in [7, 11) is 0. The standard InChI is InChI=1S/C18H10N4O4/c23-17-13-3-1-2-12-15(22(25)26)5-4-14(16(12)13)18(24)21(17)20-10-11-6-8-19-9-7-11/h1-10H/b20-10-. The summed E-state index contributed by atoms with van der Waals surface area (Å²) in [5.74, 6) is -1.25. The van der Waals surface area contributed by atoms with E-state index in [4.69, 9.17) is 0 Å². The summed E-state index contributed by atoms with van der Waals surface area (Å²) in [5.41, 5.74) is 0.925. The summed E-state index contributed by atoms with van der Waals surface area (Å²) < 4.78 is 0. The van der Waals surface area contributed by atoms with Gasteiger partial charge in [0.15, 0.2) is 0 Å². The molecule has 0 spiro atoms. The summed E-state index contributed by atoms with van der Waals surface area (Å²) in [6, 6.07) is 10.6. The maximum Gasteiger partial charge on any atom is 0.282 e. The van der Waals surface area contributed by atoms with Gasteiger partial charge in [-0.05, 0) is 35.9 Å². The van der Waals surface area contributed by atoms with Crippen LogP contribution in [0.2, 0.25) is 0 Å². The van der Waals surface area contributed by atoms with Crippen LogP contribution in [0, 0.1) is 10.1 Å². The van der Waals surface area contributed by atoms with Gasteiger partial charge in [0.1, 0.15) is 0 Å². The van der Waals surface area contributed by atoms with Crippen molar-refractivity contribution in [2.45, 2.75) is 0 Å². The summed E-state index contributed by atoms with van der Waals surface area (Å²) in [6.45, 7) is 0. The molecule has 8 heteroatoms. The van der Waals surface area contributed by atoms with Crippen LogP contribution in [0.5, 0.6) is 0 Å². The molecule has 0 bridgehead atoms. The Kier molecular flexibility index (Phi) is 3.51. The molecule has 0 saturated heterocycles. The highest BCUT2D eigenvalue weighted by Crippen LogP contribution is 2.35. The first-order valence-corrected chi connectivity index (χ1v) is 7.61. The van der Waals surface area contributed by atoms with E-state index in [0.29, 0.717) is 5.56 Å². The number of imide groups is 1. The molecule has 1 aromatic heterocycles. The van der Waals surface area contributed by atoms with Crippen molar-refractivity contribution in [2.24, 2.45) is 5.10 Å². The zero-order valence-corrected chi connectivity index (χ0v) is 13.2. The molecular formula is C18H10N4O4. The zero-order valence-electron chi connectivity index (χ0n) is 13.2. The molecule has 8 nitrogen and oxygen atoms in total. The molecule has 0 saturated carbocycles. The number of non-ortho nitro benzene ring substituents is 1. The highest BCUT2D eigenvalue weighted by atomic mass is 16.6. The number of pyridine rings is 1. The van der Waals surface area contributed by atoms with Gasteiger partial charge < -0.3 is 0 Å². The highest BCUT2D eigenvalue weighted by molar-refractivity contribution is 6.26. The Labute approximate surface area is 146 Å². The van der Waals surface area contributed by atoms with Crippen molar-refractivity contribution in [3.05, 3.63) is 81.7 Å². The van der Waals surface area contributed by atoms with E-state index in [1.165, 1.54) is 30.5 Å². The summed E-state index contributed by atoms with van der Waals surface area (Å²) in [5, 5.41) is 16.5. The summed E-state index contributed by atoms with van der Waals surface area (Å²) in [6.07, 6.45) is 4.51. The molecule has 0 aliphatic carbocycles. The quantitative estimate of drug-likeness (QED) is 0.314. The SMILES string of the molecule is O=C1c2cccc3c([N+](=O)[O-])ccc(c23)C(=O)N1/N=C\c1ccncc1. The van der Waals surface area contributed by atoms with Crippen LogP contribution >= 0.6 is 0 Å². The number of rotatable bonds is 3. The third-order valence-electron chi connectivity index (χ3n) is 4.09. The number of hydrogen-bond acceptors (Lipinski definition) is 6. The maximum absolute atomic E-state index is 12.7. The van der Waals surface area contributed by atoms with Gasteiger partial charge in [-0.25, -0.2) is 0 Å². The first-order chi connectivity index (χ1) is 12.6. The zero-order chi connectivity index (χ0) is 18.3. The average molecular weight is 346 g/mol. The van der Waals surface area contributed by atoms with Gasteiger partial charge in [0.25, 0.3) is 17.5 Å². The van der Waals surface area contributed by atoms with Crippen LogP contribution in [0.4, 0.5) is 5.69 Å². The van der Waals surface area contributed by atoms with Crippen molar-refractivity contribution in [1.82, 2.24) is 9.99 Å². The van der Waals surface area contributed by atoms with E-state index >= 15 is 0 Å². The Morgan fingerprint density at radius 2 is 1.69 bits per heavy atom. The highest BCUT2D eigenvalue weighted by Gasteiger charge is 2.34. The van der Waals surface area contributed by atoms with Crippen LogP contribution in [0.3, 0.4) is 0 Å². The predicted molar refractivity (Wildman–Crippen MR) is 92.9 cm³/mol. The minimum absolute atomic E-state index is 0.153. The lowest BCUT2D eigenvalue weighted by atomic mass is 9.94. The molecular weight excluding hydrogens is 336 g/mol. The van der Waals surface area contributed by atoms with Gasteiger partial charge >= 0.3 is 0 Å². The first kappa shape index (κ1) is 15.6. The fraction of sp³-hybridized carbons (Fsp3) is 0. The van der Waals surface area contributed by atoms with Crippen molar-refractivity contribution < 1.29 is 14.5 Å². The number of hydrogen-bond donors (Lipinski definition) is 0. The molecule has 2 heterocycles. The molecule has 0 unspecified atom stereocenters. The van der Waals surface area contributed by atoms with E-state index < -0.39 is 16.7 Å². The van der Waals surface area contributed by atoms with Gasteiger partial charge in [-0.2, -0.15) is 10.1 Å². The van der Waals surface area contributed by atoms with Crippen LogP contribution in [-0.2, 0) is 0 Å². The number of benzene rings is 2. The fourth-order valence-corrected chi connectivity index (χ4v) is 2.91. The first-order valence-electron chi connectivity index (χ1n) is 7.61. The average Bonchev–Trinajstić information content (AvgIpc) is 2.66. The normalized spacial score (nSPS) is 13.6. The van der Waals surface area contributed by atoms with E-state index in [1.54, 1.807) is 30.6 Å². The topological polar surface area (TPSA) is 106 Å². The van der Waals surface area contributed by atoms with Crippen molar-refractivity contribution in [3.63, 3.8) is 0 Å². The summed E-state index contributed by atoms with van der Waals surface area (Å²) in [4.78, 5) is 40.0. The lowest BCUT2D eigenvalue weighted by molar-refractivity contribution is -0.383. The molecule has 0 radical (unpaired) electrons. The molecule has 126 valence electrons. The number of amides is 2. The molecule has 4 rings (SSSR count). The van der Waals surface area contributed by atoms with E-state index in [2.05, 4.69) is 10.1 Å². The van der Waals surface area contributed by atoms with Crippen LogP contribution in [0.1, 0.15) is 26.3 Å². The fourth-order valence-electron chi connectivity index (χ4n) is 2.91. The number of carbonyl (C=O) groups is 2. The lowest BCUT2D eigenvalue weighted by Crippen LogP contribution is -2.36.